The van der Waals surface area contributed by atoms with Gasteiger partial charge in [-0.1, -0.05) is 295 Å². The van der Waals surface area contributed by atoms with E-state index < -0.39 is 6.10 Å². The molecule has 0 aromatic rings. The lowest BCUT2D eigenvalue weighted by atomic mass is 10.0. The average Bonchev–Trinajstić information content (AvgIpc) is 3.35. The van der Waals surface area contributed by atoms with Crippen molar-refractivity contribution >= 4 is 17.9 Å². The lowest BCUT2D eigenvalue weighted by molar-refractivity contribution is -0.167. The zero-order valence-corrected chi connectivity index (χ0v) is 46.3. The molecule has 0 fully saturated rings. The van der Waals surface area contributed by atoms with Gasteiger partial charge >= 0.3 is 17.9 Å². The number of allylic oxidation sites excluding steroid dienone is 6. The molecule has 0 saturated heterocycles. The number of carbonyl (C=O) groups excluding carboxylic acids is 3. The minimum absolute atomic E-state index is 0.0742. The van der Waals surface area contributed by atoms with Gasteiger partial charge in [-0.2, -0.15) is 0 Å². The number of hydrogen-bond donors (Lipinski definition) is 0. The molecule has 0 radical (unpaired) electrons. The molecule has 0 aliphatic heterocycles. The van der Waals surface area contributed by atoms with Gasteiger partial charge in [-0.15, -0.1) is 0 Å². The monoisotopic (exact) mass is 969 g/mol. The average molecular weight is 970 g/mol. The summed E-state index contributed by atoms with van der Waals surface area (Å²) in [6.07, 6.45) is 70.0. The molecule has 0 spiro atoms. The van der Waals surface area contributed by atoms with Crippen LogP contribution in [0.1, 0.15) is 329 Å². The Labute approximate surface area is 429 Å². The first-order valence-corrected chi connectivity index (χ1v) is 30.5. The smallest absolute Gasteiger partial charge is 0.306 e. The van der Waals surface area contributed by atoms with Gasteiger partial charge in [-0.25, -0.2) is 0 Å². The quantitative estimate of drug-likeness (QED) is 0.0261. The highest BCUT2D eigenvalue weighted by Crippen LogP contribution is 2.18. The Balaban J connectivity index is 4.28. The Morgan fingerprint density at radius 3 is 0.884 bits per heavy atom. The van der Waals surface area contributed by atoms with Gasteiger partial charge in [0.15, 0.2) is 6.10 Å². The molecular formula is C63H116O6. The molecule has 0 aliphatic carbocycles. The summed E-state index contributed by atoms with van der Waals surface area (Å²) in [5.41, 5.74) is 0. The third-order valence-electron chi connectivity index (χ3n) is 13.7. The molecule has 1 unspecified atom stereocenters. The van der Waals surface area contributed by atoms with Crippen LogP contribution in [0, 0.1) is 0 Å². The van der Waals surface area contributed by atoms with Gasteiger partial charge in [0, 0.05) is 19.3 Å². The molecule has 0 aliphatic rings. The van der Waals surface area contributed by atoms with Crippen molar-refractivity contribution in [2.75, 3.05) is 13.2 Å². The molecule has 0 amide bonds. The Kier molecular flexibility index (Phi) is 56.2. The molecule has 0 aromatic carbocycles. The minimum atomic E-state index is -0.777. The first kappa shape index (κ1) is 66.6. The summed E-state index contributed by atoms with van der Waals surface area (Å²) in [5, 5.41) is 0. The fourth-order valence-electron chi connectivity index (χ4n) is 9.11. The first-order chi connectivity index (χ1) is 34.0. The summed E-state index contributed by atoms with van der Waals surface area (Å²) >= 11 is 0. The number of unbranched alkanes of at least 4 members (excludes halogenated alkanes) is 39. The molecular weight excluding hydrogens is 853 g/mol. The minimum Gasteiger partial charge on any atom is -0.462 e. The van der Waals surface area contributed by atoms with Gasteiger partial charge < -0.3 is 14.2 Å². The van der Waals surface area contributed by atoms with E-state index in [1.54, 1.807) is 0 Å². The highest BCUT2D eigenvalue weighted by Gasteiger charge is 2.19. The molecule has 0 bridgehead atoms. The zero-order valence-electron chi connectivity index (χ0n) is 46.3. The maximum Gasteiger partial charge on any atom is 0.306 e. The summed E-state index contributed by atoms with van der Waals surface area (Å²) < 4.78 is 16.9. The van der Waals surface area contributed by atoms with E-state index in [2.05, 4.69) is 57.2 Å². The molecule has 6 nitrogen and oxygen atoms in total. The van der Waals surface area contributed by atoms with E-state index in [4.69, 9.17) is 14.2 Å². The lowest BCUT2D eigenvalue weighted by Crippen LogP contribution is -2.30. The van der Waals surface area contributed by atoms with Gasteiger partial charge in [0.2, 0.25) is 0 Å². The van der Waals surface area contributed by atoms with Crippen LogP contribution in [0.2, 0.25) is 0 Å². The number of ether oxygens (including phenoxy) is 3. The SMILES string of the molecule is CC/C=C\C/C=C\C/C=C\CCCCCCCC(=O)OC(COC(=O)CCCCCCCCCCCCCCCC)COC(=O)CCCCCCCCCCCCCCCCCCCCCCCC. The normalized spacial score (nSPS) is 12.2. The van der Waals surface area contributed by atoms with Gasteiger partial charge in [-0.3, -0.25) is 14.4 Å². The second-order valence-corrected chi connectivity index (χ2v) is 20.6. The Bertz CT molecular complexity index is 1160. The van der Waals surface area contributed by atoms with E-state index in [-0.39, 0.29) is 31.1 Å². The number of esters is 3. The zero-order chi connectivity index (χ0) is 50.0. The first-order valence-electron chi connectivity index (χ1n) is 30.5. The molecule has 0 heterocycles. The number of rotatable bonds is 56. The summed E-state index contributed by atoms with van der Waals surface area (Å²) in [7, 11) is 0. The number of carbonyl (C=O) groups is 3. The molecule has 0 saturated carbocycles. The van der Waals surface area contributed by atoms with E-state index in [9.17, 15) is 14.4 Å². The van der Waals surface area contributed by atoms with Crippen molar-refractivity contribution in [1.82, 2.24) is 0 Å². The third-order valence-corrected chi connectivity index (χ3v) is 13.7. The second-order valence-electron chi connectivity index (χ2n) is 20.6. The summed E-state index contributed by atoms with van der Waals surface area (Å²) in [4.78, 5) is 38.2. The molecule has 0 aromatic heterocycles. The van der Waals surface area contributed by atoms with E-state index in [0.29, 0.717) is 19.3 Å². The summed E-state index contributed by atoms with van der Waals surface area (Å²) in [6.45, 7) is 6.57. The van der Waals surface area contributed by atoms with E-state index >= 15 is 0 Å². The van der Waals surface area contributed by atoms with Crippen LogP contribution < -0.4 is 0 Å². The third kappa shape index (κ3) is 56.4. The Morgan fingerprint density at radius 2 is 0.565 bits per heavy atom. The molecule has 404 valence electrons. The lowest BCUT2D eigenvalue weighted by Gasteiger charge is -2.18. The highest BCUT2D eigenvalue weighted by atomic mass is 16.6. The van der Waals surface area contributed by atoms with Crippen molar-refractivity contribution in [2.24, 2.45) is 0 Å². The summed E-state index contributed by atoms with van der Waals surface area (Å²) in [6, 6.07) is 0. The largest absolute Gasteiger partial charge is 0.462 e. The maximum absolute atomic E-state index is 12.9. The Morgan fingerprint density at radius 1 is 0.304 bits per heavy atom. The van der Waals surface area contributed by atoms with Crippen LogP contribution >= 0.6 is 0 Å². The van der Waals surface area contributed by atoms with Gasteiger partial charge in [0.05, 0.1) is 0 Å². The Hall–Kier alpha value is -2.37. The highest BCUT2D eigenvalue weighted by molar-refractivity contribution is 5.71. The van der Waals surface area contributed by atoms with E-state index in [0.717, 1.165) is 96.3 Å². The van der Waals surface area contributed by atoms with Crippen molar-refractivity contribution in [1.29, 1.82) is 0 Å². The van der Waals surface area contributed by atoms with Crippen LogP contribution in [0.3, 0.4) is 0 Å². The van der Waals surface area contributed by atoms with Crippen LogP contribution in [0.4, 0.5) is 0 Å². The maximum atomic E-state index is 12.9. The van der Waals surface area contributed by atoms with Crippen molar-refractivity contribution in [3.05, 3.63) is 36.5 Å². The predicted molar refractivity (Wildman–Crippen MR) is 298 cm³/mol. The van der Waals surface area contributed by atoms with Crippen LogP contribution in [0.5, 0.6) is 0 Å². The molecule has 0 N–H and O–H groups in total. The van der Waals surface area contributed by atoms with E-state index in [1.165, 1.54) is 193 Å². The van der Waals surface area contributed by atoms with Crippen molar-refractivity contribution < 1.29 is 28.6 Å². The fourth-order valence-corrected chi connectivity index (χ4v) is 9.11. The van der Waals surface area contributed by atoms with Crippen LogP contribution in [0.15, 0.2) is 36.5 Å². The predicted octanol–water partition coefficient (Wildman–Crippen LogP) is 20.4. The van der Waals surface area contributed by atoms with Crippen LogP contribution in [0.25, 0.3) is 0 Å². The van der Waals surface area contributed by atoms with Gasteiger partial charge in [0.25, 0.3) is 0 Å². The topological polar surface area (TPSA) is 78.9 Å². The van der Waals surface area contributed by atoms with Crippen molar-refractivity contribution in [3.8, 4) is 0 Å². The standard InChI is InChI=1S/C63H116O6/c1-4-7-10-13-16-19-22-25-28-29-30-31-32-33-34-36-38-41-44-47-50-53-56-62(65)68-59-60(58-67-61(64)55-52-49-46-43-40-37-27-24-21-18-15-12-9-6-3)69-63(66)57-54-51-48-45-42-39-35-26-23-20-17-14-11-8-5-2/h8,11,17,20,26,35,60H,4-7,9-10,12-16,18-19,21-25,27-34,36-59H2,1-3H3/b11-8-,20-17-,35-26-. The molecule has 0 rings (SSSR count). The van der Waals surface area contributed by atoms with Crippen molar-refractivity contribution in [2.45, 2.75) is 335 Å². The van der Waals surface area contributed by atoms with Crippen LogP contribution in [-0.4, -0.2) is 37.2 Å². The second kappa shape index (κ2) is 58.2. The number of hydrogen-bond acceptors (Lipinski definition) is 6. The van der Waals surface area contributed by atoms with E-state index in [1.807, 2.05) is 0 Å². The fraction of sp³-hybridized carbons (Fsp3) is 0.857. The molecule has 1 atom stereocenters. The summed E-state index contributed by atoms with van der Waals surface area (Å²) in [5.74, 6) is -0.869. The van der Waals surface area contributed by atoms with Crippen molar-refractivity contribution in [3.63, 3.8) is 0 Å². The van der Waals surface area contributed by atoms with Crippen LogP contribution in [-0.2, 0) is 28.6 Å². The van der Waals surface area contributed by atoms with Gasteiger partial charge in [-0.05, 0) is 51.4 Å². The molecule has 69 heavy (non-hydrogen) atoms. The van der Waals surface area contributed by atoms with Gasteiger partial charge in [0.1, 0.15) is 13.2 Å². The molecule has 6 heteroatoms.